The first-order chi connectivity index (χ1) is 9.11. The first kappa shape index (κ1) is 14.8. The molecule has 3 nitrogen and oxygen atoms in total. The number of nitrogens with zero attached hydrogens (tertiary/aromatic N) is 2. The number of hydrogen-bond acceptors (Lipinski definition) is 2. The Morgan fingerprint density at radius 2 is 2.00 bits per heavy atom. The lowest BCUT2D eigenvalue weighted by Gasteiger charge is -2.34. The van der Waals surface area contributed by atoms with Crippen LogP contribution < -0.4 is 0 Å². The Labute approximate surface area is 127 Å². The molecule has 19 heavy (non-hydrogen) atoms. The third kappa shape index (κ3) is 3.71. The lowest BCUT2D eigenvalue weighted by atomic mass is 10.1. The number of aryl methyl sites for hydroxylation is 1. The van der Waals surface area contributed by atoms with Crippen LogP contribution in [0.25, 0.3) is 0 Å². The van der Waals surface area contributed by atoms with Gasteiger partial charge in [0.1, 0.15) is 0 Å². The Kier molecular flexibility index (Phi) is 5.25. The third-order valence-electron chi connectivity index (χ3n) is 3.47. The fourth-order valence-corrected chi connectivity index (χ4v) is 2.74. The third-order valence-corrected chi connectivity index (χ3v) is 4.52. The van der Waals surface area contributed by atoms with Crippen LogP contribution in [-0.2, 0) is 0 Å². The summed E-state index contributed by atoms with van der Waals surface area (Å²) in [6.45, 7) is 6.29. The number of piperazine rings is 1. The maximum Gasteiger partial charge on any atom is 0.253 e. The van der Waals surface area contributed by atoms with E-state index in [9.17, 15) is 4.79 Å². The predicted octanol–water partition coefficient (Wildman–Crippen LogP) is 2.75. The van der Waals surface area contributed by atoms with Crippen LogP contribution in [0.15, 0.2) is 22.7 Å². The minimum atomic E-state index is 0.126. The lowest BCUT2D eigenvalue weighted by Crippen LogP contribution is -2.49. The molecule has 0 unspecified atom stereocenters. The van der Waals surface area contributed by atoms with Gasteiger partial charge < -0.3 is 4.90 Å². The summed E-state index contributed by atoms with van der Waals surface area (Å²) >= 11 is 9.19. The smallest absolute Gasteiger partial charge is 0.253 e. The normalized spacial score (nSPS) is 16.7. The number of carbonyl (C=O) groups is 1. The molecular weight excluding hydrogens is 328 g/mol. The largest absolute Gasteiger partial charge is 0.336 e. The molecule has 0 spiro atoms. The number of amides is 1. The second-order valence-corrected chi connectivity index (χ2v) is 6.02. The van der Waals surface area contributed by atoms with Gasteiger partial charge in [-0.3, -0.25) is 9.69 Å². The summed E-state index contributed by atoms with van der Waals surface area (Å²) in [5.41, 5.74) is 1.86. The maximum absolute atomic E-state index is 12.4. The van der Waals surface area contributed by atoms with Gasteiger partial charge in [0.2, 0.25) is 0 Å². The van der Waals surface area contributed by atoms with Gasteiger partial charge in [-0.1, -0.05) is 15.9 Å². The molecule has 1 amide bonds. The highest BCUT2D eigenvalue weighted by Crippen LogP contribution is 2.18. The van der Waals surface area contributed by atoms with E-state index in [0.29, 0.717) is 5.88 Å². The first-order valence-electron chi connectivity index (χ1n) is 6.45. The molecule has 0 N–H and O–H groups in total. The van der Waals surface area contributed by atoms with Gasteiger partial charge in [-0.25, -0.2) is 0 Å². The minimum absolute atomic E-state index is 0.126. The van der Waals surface area contributed by atoms with Crippen LogP contribution in [0, 0.1) is 6.92 Å². The molecule has 0 radical (unpaired) electrons. The summed E-state index contributed by atoms with van der Waals surface area (Å²) in [7, 11) is 0. The molecule has 0 saturated carbocycles. The average Bonchev–Trinajstić information content (AvgIpc) is 2.42. The Morgan fingerprint density at radius 3 is 2.58 bits per heavy atom. The molecular formula is C14H18BrClN2O. The molecule has 1 aliphatic rings. The summed E-state index contributed by atoms with van der Waals surface area (Å²) in [6.07, 6.45) is 0. The Balaban J connectivity index is 1.99. The molecule has 1 heterocycles. The Morgan fingerprint density at radius 1 is 1.32 bits per heavy atom. The van der Waals surface area contributed by atoms with Crippen LogP contribution in [0.1, 0.15) is 15.9 Å². The minimum Gasteiger partial charge on any atom is -0.336 e. The van der Waals surface area contributed by atoms with Crippen molar-refractivity contribution in [3.8, 4) is 0 Å². The van der Waals surface area contributed by atoms with Gasteiger partial charge in [-0.05, 0) is 30.7 Å². The highest BCUT2D eigenvalue weighted by atomic mass is 79.9. The average molecular weight is 346 g/mol. The predicted molar refractivity (Wildman–Crippen MR) is 81.9 cm³/mol. The zero-order valence-corrected chi connectivity index (χ0v) is 13.4. The second-order valence-electron chi connectivity index (χ2n) is 4.79. The van der Waals surface area contributed by atoms with Crippen LogP contribution in [0.5, 0.6) is 0 Å². The van der Waals surface area contributed by atoms with Gasteiger partial charge in [-0.2, -0.15) is 0 Å². The topological polar surface area (TPSA) is 23.6 Å². The number of alkyl halides is 1. The van der Waals surface area contributed by atoms with Crippen molar-refractivity contribution < 1.29 is 4.79 Å². The molecule has 5 heteroatoms. The summed E-state index contributed by atoms with van der Waals surface area (Å²) < 4.78 is 1.04. The molecule has 1 aromatic rings. The highest BCUT2D eigenvalue weighted by molar-refractivity contribution is 9.10. The number of hydrogen-bond donors (Lipinski definition) is 0. The van der Waals surface area contributed by atoms with Crippen LogP contribution in [0.2, 0.25) is 0 Å². The zero-order chi connectivity index (χ0) is 13.8. The zero-order valence-electron chi connectivity index (χ0n) is 11.0. The SMILES string of the molecule is Cc1cc(C(=O)N2CCN(CCCl)CC2)ccc1Br. The monoisotopic (exact) mass is 344 g/mol. The number of carbonyl (C=O) groups excluding carboxylic acids is 1. The molecule has 0 aliphatic carbocycles. The Hall–Kier alpha value is -0.580. The summed E-state index contributed by atoms with van der Waals surface area (Å²) in [5.74, 6) is 0.779. The molecule has 0 bridgehead atoms. The van der Waals surface area contributed by atoms with Gasteiger partial charge in [-0.15, -0.1) is 11.6 Å². The van der Waals surface area contributed by atoms with E-state index in [2.05, 4.69) is 20.8 Å². The van der Waals surface area contributed by atoms with E-state index in [1.54, 1.807) is 0 Å². The number of halogens is 2. The number of rotatable bonds is 3. The van der Waals surface area contributed by atoms with Crippen molar-refractivity contribution in [1.29, 1.82) is 0 Å². The van der Waals surface area contributed by atoms with Crippen molar-refractivity contribution in [3.05, 3.63) is 33.8 Å². The lowest BCUT2D eigenvalue weighted by molar-refractivity contribution is 0.0644. The fourth-order valence-electron chi connectivity index (χ4n) is 2.25. The Bertz CT molecular complexity index is 459. The van der Waals surface area contributed by atoms with E-state index in [0.717, 1.165) is 48.3 Å². The van der Waals surface area contributed by atoms with E-state index >= 15 is 0 Å². The molecule has 0 atom stereocenters. The fraction of sp³-hybridized carbons (Fsp3) is 0.500. The molecule has 0 aromatic heterocycles. The van der Waals surface area contributed by atoms with Crippen LogP contribution in [-0.4, -0.2) is 54.3 Å². The van der Waals surface area contributed by atoms with E-state index < -0.39 is 0 Å². The van der Waals surface area contributed by atoms with Crippen molar-refractivity contribution in [2.45, 2.75) is 6.92 Å². The highest BCUT2D eigenvalue weighted by Gasteiger charge is 2.21. The summed E-state index contributed by atoms with van der Waals surface area (Å²) in [5, 5.41) is 0. The molecule has 2 rings (SSSR count). The van der Waals surface area contributed by atoms with Crippen molar-refractivity contribution in [2.75, 3.05) is 38.6 Å². The molecule has 1 aromatic carbocycles. The van der Waals surface area contributed by atoms with Crippen molar-refractivity contribution >= 4 is 33.4 Å². The summed E-state index contributed by atoms with van der Waals surface area (Å²) in [6, 6.07) is 5.76. The summed E-state index contributed by atoms with van der Waals surface area (Å²) in [4.78, 5) is 16.6. The van der Waals surface area contributed by atoms with Crippen LogP contribution in [0.4, 0.5) is 0 Å². The van der Waals surface area contributed by atoms with Gasteiger partial charge in [0.15, 0.2) is 0 Å². The van der Waals surface area contributed by atoms with Crippen LogP contribution in [0.3, 0.4) is 0 Å². The van der Waals surface area contributed by atoms with Crippen molar-refractivity contribution in [3.63, 3.8) is 0 Å². The van der Waals surface area contributed by atoms with E-state index in [4.69, 9.17) is 11.6 Å². The van der Waals surface area contributed by atoms with Gasteiger partial charge in [0.05, 0.1) is 0 Å². The number of benzene rings is 1. The van der Waals surface area contributed by atoms with Gasteiger partial charge in [0.25, 0.3) is 5.91 Å². The molecule has 1 fully saturated rings. The van der Waals surface area contributed by atoms with E-state index in [1.165, 1.54) is 0 Å². The van der Waals surface area contributed by atoms with Gasteiger partial charge >= 0.3 is 0 Å². The maximum atomic E-state index is 12.4. The quantitative estimate of drug-likeness (QED) is 0.787. The van der Waals surface area contributed by atoms with Crippen molar-refractivity contribution in [1.82, 2.24) is 9.80 Å². The first-order valence-corrected chi connectivity index (χ1v) is 7.78. The van der Waals surface area contributed by atoms with E-state index in [1.807, 2.05) is 30.0 Å². The molecule has 1 saturated heterocycles. The van der Waals surface area contributed by atoms with E-state index in [-0.39, 0.29) is 5.91 Å². The second kappa shape index (κ2) is 6.73. The van der Waals surface area contributed by atoms with Crippen molar-refractivity contribution in [2.24, 2.45) is 0 Å². The standard InChI is InChI=1S/C14H18BrClN2O/c1-11-10-12(2-3-13(11)15)14(19)18-8-6-17(5-4-16)7-9-18/h2-3,10H,4-9H2,1H3. The molecule has 104 valence electrons. The van der Waals surface area contributed by atoms with Crippen LogP contribution >= 0.6 is 27.5 Å². The van der Waals surface area contributed by atoms with Gasteiger partial charge in [0, 0.05) is 48.6 Å². The molecule has 1 aliphatic heterocycles.